The summed E-state index contributed by atoms with van der Waals surface area (Å²) in [6.07, 6.45) is -6.19. The molecule has 1 aliphatic rings. The van der Waals surface area contributed by atoms with E-state index in [1.807, 2.05) is 0 Å². The molecule has 3 nitrogen and oxygen atoms in total. The molecule has 3 rings (SSSR count). The van der Waals surface area contributed by atoms with E-state index in [4.69, 9.17) is 34.8 Å². The number of thioether (sulfide) groups is 1. The summed E-state index contributed by atoms with van der Waals surface area (Å²) >= 11 is 18.7. The molecule has 2 aromatic rings. The Morgan fingerprint density at radius 3 is 2.30 bits per heavy atom. The number of rotatable bonds is 7. The molecular formula is C20H16Cl3F6N3S. The van der Waals surface area contributed by atoms with Crippen LogP contribution in [0.4, 0.5) is 32.0 Å². The van der Waals surface area contributed by atoms with Crippen LogP contribution in [-0.2, 0) is 12.6 Å². The molecule has 0 radical (unpaired) electrons. The number of hydrogen-bond donors (Lipinski definition) is 1. The molecule has 0 bridgehead atoms. The highest BCUT2D eigenvalue weighted by Gasteiger charge is 2.32. The van der Waals surface area contributed by atoms with E-state index in [0.717, 1.165) is 25.1 Å². The SMILES string of the molecule is FC(F)(F)CSc1cc(/N=C(\NCCc2ncc(C(F)(F)F)cc2Cl)C2CC2)c(Cl)cc1Cl. The van der Waals surface area contributed by atoms with Gasteiger partial charge in [-0.2, -0.15) is 26.3 Å². The lowest BCUT2D eigenvalue weighted by atomic mass is 10.2. The van der Waals surface area contributed by atoms with Crippen LogP contribution in [-0.4, -0.2) is 29.3 Å². The third kappa shape index (κ3) is 7.83. The van der Waals surface area contributed by atoms with Crippen LogP contribution in [0.15, 0.2) is 34.3 Å². The molecule has 1 fully saturated rings. The zero-order valence-electron chi connectivity index (χ0n) is 16.6. The fraction of sp³-hybridized carbons (Fsp3) is 0.400. The maximum absolute atomic E-state index is 12.7. The quantitative estimate of drug-likeness (QED) is 0.164. The van der Waals surface area contributed by atoms with Crippen molar-refractivity contribution in [3.8, 4) is 0 Å². The fourth-order valence-corrected chi connectivity index (χ4v) is 4.31. The van der Waals surface area contributed by atoms with E-state index >= 15 is 0 Å². The number of nitrogens with zero attached hydrogens (tertiary/aromatic N) is 2. The number of hydrogen-bond acceptors (Lipinski definition) is 3. The molecule has 0 aliphatic heterocycles. The van der Waals surface area contributed by atoms with Crippen LogP contribution in [0.25, 0.3) is 0 Å². The standard InChI is InChI=1S/C20H16Cl3F6N3S/c21-12-5-11(20(27,28)29)8-31-15(12)3-4-30-18(10-1-2-10)32-16-7-17(14(23)6-13(16)22)33-9-19(24,25)26/h5-8,10H,1-4,9H2,(H,30,32). The van der Waals surface area contributed by atoms with Crippen molar-refractivity contribution >= 4 is 58.1 Å². The zero-order chi connectivity index (χ0) is 24.4. The summed E-state index contributed by atoms with van der Waals surface area (Å²) in [5, 5.41) is 3.30. The normalized spacial score (nSPS) is 15.1. The third-order valence-electron chi connectivity index (χ3n) is 4.51. The van der Waals surface area contributed by atoms with Crippen molar-refractivity contribution in [1.29, 1.82) is 0 Å². The predicted molar refractivity (Wildman–Crippen MR) is 119 cm³/mol. The molecule has 0 saturated heterocycles. The first-order chi connectivity index (χ1) is 15.3. The zero-order valence-corrected chi connectivity index (χ0v) is 19.7. The van der Waals surface area contributed by atoms with E-state index in [2.05, 4.69) is 15.3 Å². The minimum Gasteiger partial charge on any atom is -0.373 e. The average molecular weight is 551 g/mol. The van der Waals surface area contributed by atoms with Gasteiger partial charge >= 0.3 is 12.4 Å². The van der Waals surface area contributed by atoms with Crippen LogP contribution < -0.4 is 5.32 Å². The van der Waals surface area contributed by atoms with Crippen LogP contribution >= 0.6 is 46.6 Å². The van der Waals surface area contributed by atoms with Gasteiger partial charge in [0.2, 0.25) is 0 Å². The van der Waals surface area contributed by atoms with Gasteiger partial charge in [-0.1, -0.05) is 34.8 Å². The number of halogens is 9. The lowest BCUT2D eigenvalue weighted by Crippen LogP contribution is -2.27. The van der Waals surface area contributed by atoms with Crippen molar-refractivity contribution in [3.05, 3.63) is 50.7 Å². The molecular weight excluding hydrogens is 535 g/mol. The molecule has 1 N–H and O–H groups in total. The lowest BCUT2D eigenvalue weighted by molar-refractivity contribution is -0.137. The van der Waals surface area contributed by atoms with Gasteiger partial charge < -0.3 is 5.32 Å². The molecule has 0 atom stereocenters. The summed E-state index contributed by atoms with van der Waals surface area (Å²) in [4.78, 5) is 8.49. The molecule has 13 heteroatoms. The smallest absolute Gasteiger partial charge is 0.373 e. The third-order valence-corrected chi connectivity index (χ3v) is 6.69. The summed E-state index contributed by atoms with van der Waals surface area (Å²) in [6.45, 7) is 0.286. The van der Waals surface area contributed by atoms with Gasteiger partial charge in [-0.25, -0.2) is 4.99 Å². The second-order valence-electron chi connectivity index (χ2n) is 7.24. The van der Waals surface area contributed by atoms with Gasteiger partial charge in [0.15, 0.2) is 0 Å². The van der Waals surface area contributed by atoms with Crippen molar-refractivity contribution in [2.75, 3.05) is 12.3 Å². The predicted octanol–water partition coefficient (Wildman–Crippen LogP) is 7.99. The molecule has 180 valence electrons. The molecule has 1 aliphatic carbocycles. The van der Waals surface area contributed by atoms with E-state index in [1.54, 1.807) is 0 Å². The van der Waals surface area contributed by atoms with Gasteiger partial charge in [0.05, 0.1) is 37.8 Å². The van der Waals surface area contributed by atoms with Crippen molar-refractivity contribution in [2.24, 2.45) is 10.9 Å². The van der Waals surface area contributed by atoms with Crippen molar-refractivity contribution in [3.63, 3.8) is 0 Å². The Morgan fingerprint density at radius 1 is 1.03 bits per heavy atom. The summed E-state index contributed by atoms with van der Waals surface area (Å²) < 4.78 is 76.0. The van der Waals surface area contributed by atoms with Crippen LogP contribution in [0.2, 0.25) is 15.1 Å². The second-order valence-corrected chi connectivity index (χ2v) is 9.48. The summed E-state index contributed by atoms with van der Waals surface area (Å²) in [5.74, 6) is -0.403. The van der Waals surface area contributed by atoms with E-state index in [9.17, 15) is 26.3 Å². The van der Waals surface area contributed by atoms with Gasteiger partial charge in [0.25, 0.3) is 0 Å². The minimum atomic E-state index is -4.53. The first kappa shape index (κ1) is 26.2. The maximum Gasteiger partial charge on any atom is 0.417 e. The van der Waals surface area contributed by atoms with Crippen molar-refractivity contribution < 1.29 is 26.3 Å². The first-order valence-corrected chi connectivity index (χ1v) is 11.7. The number of aliphatic imine (C=N–C) groups is 1. The fourth-order valence-electron chi connectivity index (χ4n) is 2.75. The Labute approximate surface area is 204 Å². The van der Waals surface area contributed by atoms with E-state index in [-0.39, 0.29) is 44.5 Å². The van der Waals surface area contributed by atoms with Gasteiger partial charge in [0, 0.05) is 30.0 Å². The van der Waals surface area contributed by atoms with Crippen molar-refractivity contribution in [2.45, 2.75) is 36.5 Å². The molecule has 1 heterocycles. The Bertz CT molecular complexity index is 1040. The Morgan fingerprint density at radius 2 is 1.73 bits per heavy atom. The molecule has 0 unspecified atom stereocenters. The van der Waals surface area contributed by atoms with E-state index < -0.39 is 23.7 Å². The number of amidine groups is 1. The highest BCUT2D eigenvalue weighted by molar-refractivity contribution is 7.99. The first-order valence-electron chi connectivity index (χ1n) is 9.56. The Hall–Kier alpha value is -1.36. The molecule has 0 amide bonds. The average Bonchev–Trinajstić information content (AvgIpc) is 3.53. The van der Waals surface area contributed by atoms with Crippen LogP contribution in [0.3, 0.4) is 0 Å². The molecule has 1 aromatic heterocycles. The van der Waals surface area contributed by atoms with E-state index in [1.165, 1.54) is 12.1 Å². The summed E-state index contributed by atoms with van der Waals surface area (Å²) in [6, 6.07) is 3.57. The van der Waals surface area contributed by atoms with Gasteiger partial charge in [0.1, 0.15) is 5.84 Å². The highest BCUT2D eigenvalue weighted by Crippen LogP contribution is 2.40. The lowest BCUT2D eigenvalue weighted by Gasteiger charge is -2.13. The summed E-state index contributed by atoms with van der Waals surface area (Å²) in [7, 11) is 0. The minimum absolute atomic E-state index is 0.0939. The van der Waals surface area contributed by atoms with E-state index in [0.29, 0.717) is 23.3 Å². The van der Waals surface area contributed by atoms with Gasteiger partial charge in [-0.15, -0.1) is 11.8 Å². The molecule has 1 saturated carbocycles. The largest absolute Gasteiger partial charge is 0.417 e. The Balaban J connectivity index is 1.72. The number of benzene rings is 1. The Kier molecular flexibility index (Phi) is 8.35. The molecule has 33 heavy (non-hydrogen) atoms. The number of aromatic nitrogens is 1. The van der Waals surface area contributed by atoms with Crippen LogP contribution in [0, 0.1) is 5.92 Å². The summed E-state index contributed by atoms with van der Waals surface area (Å²) in [5.41, 5.74) is -0.366. The highest BCUT2D eigenvalue weighted by atomic mass is 35.5. The molecule has 0 spiro atoms. The van der Waals surface area contributed by atoms with Crippen LogP contribution in [0.1, 0.15) is 24.1 Å². The molecule has 1 aromatic carbocycles. The van der Waals surface area contributed by atoms with Crippen molar-refractivity contribution in [1.82, 2.24) is 10.3 Å². The van der Waals surface area contributed by atoms with Gasteiger partial charge in [-0.3, -0.25) is 4.98 Å². The number of pyridine rings is 1. The number of nitrogens with one attached hydrogen (secondary N) is 1. The number of alkyl halides is 6. The topological polar surface area (TPSA) is 37.3 Å². The van der Waals surface area contributed by atoms with Gasteiger partial charge in [-0.05, 0) is 31.0 Å². The maximum atomic E-state index is 12.7. The monoisotopic (exact) mass is 549 g/mol. The second kappa shape index (κ2) is 10.5. The van der Waals surface area contributed by atoms with Crippen LogP contribution in [0.5, 0.6) is 0 Å².